The van der Waals surface area contributed by atoms with Crippen molar-refractivity contribution < 1.29 is 9.18 Å². The molecular formula is C20H16ClFN4O. The molecule has 5 nitrogen and oxygen atoms in total. The van der Waals surface area contributed by atoms with Gasteiger partial charge in [-0.1, -0.05) is 23.7 Å². The number of aromatic nitrogens is 1. The number of guanidine groups is 1. The fraction of sp³-hybridized carbons (Fsp3) is 0.0500. The minimum absolute atomic E-state index is 0.186. The van der Waals surface area contributed by atoms with Gasteiger partial charge in [-0.2, -0.15) is 0 Å². The van der Waals surface area contributed by atoms with Gasteiger partial charge in [0.15, 0.2) is 0 Å². The van der Waals surface area contributed by atoms with Gasteiger partial charge in [-0.15, -0.1) is 0 Å². The third-order valence-electron chi connectivity index (χ3n) is 3.55. The van der Waals surface area contributed by atoms with Gasteiger partial charge < -0.3 is 5.32 Å². The first kappa shape index (κ1) is 18.5. The summed E-state index contributed by atoms with van der Waals surface area (Å²) >= 11 is 5.85. The van der Waals surface area contributed by atoms with Crippen LogP contribution in [0.3, 0.4) is 0 Å². The number of rotatable bonds is 4. The Bertz CT molecular complexity index is 946. The molecule has 1 aromatic heterocycles. The lowest BCUT2D eigenvalue weighted by Gasteiger charge is -2.12. The van der Waals surface area contributed by atoms with E-state index >= 15 is 0 Å². The third-order valence-corrected chi connectivity index (χ3v) is 3.80. The number of anilines is 1. The van der Waals surface area contributed by atoms with E-state index in [2.05, 4.69) is 20.6 Å². The standard InChI is InChI=1S/C20H16ClFN4O/c21-15-9-7-14(8-10-15)19(27)26-20(24-13-18-5-1-2-11-23-18)25-17-6-3-4-16(22)12-17/h1-12H,13H2,(H2,24,25,26,27). The van der Waals surface area contributed by atoms with Gasteiger partial charge in [-0.3, -0.25) is 15.1 Å². The largest absolute Gasteiger partial charge is 0.326 e. The Labute approximate surface area is 160 Å². The Morgan fingerprint density at radius 1 is 1.07 bits per heavy atom. The molecule has 136 valence electrons. The molecule has 2 aromatic carbocycles. The molecule has 0 unspecified atom stereocenters. The molecule has 0 bridgehead atoms. The van der Waals surface area contributed by atoms with Gasteiger partial charge in [0.2, 0.25) is 5.96 Å². The fourth-order valence-electron chi connectivity index (χ4n) is 2.25. The van der Waals surface area contributed by atoms with Crippen molar-refractivity contribution in [1.29, 1.82) is 0 Å². The van der Waals surface area contributed by atoms with Crippen molar-refractivity contribution in [3.05, 3.63) is 95.0 Å². The SMILES string of the molecule is O=C(NC(=NCc1ccccn1)Nc1cccc(F)c1)c1ccc(Cl)cc1. The number of nitrogens with zero attached hydrogens (tertiary/aromatic N) is 2. The van der Waals surface area contributed by atoms with Crippen LogP contribution >= 0.6 is 11.6 Å². The number of halogens is 2. The van der Waals surface area contributed by atoms with Gasteiger partial charge in [0.25, 0.3) is 5.91 Å². The molecule has 0 spiro atoms. The number of aliphatic imine (C=N–C) groups is 1. The van der Waals surface area contributed by atoms with Crippen LogP contribution in [-0.4, -0.2) is 16.9 Å². The van der Waals surface area contributed by atoms with Crippen LogP contribution in [0.1, 0.15) is 16.1 Å². The first-order chi connectivity index (χ1) is 13.1. The van der Waals surface area contributed by atoms with Crippen molar-refractivity contribution in [2.75, 3.05) is 5.32 Å². The number of amides is 1. The molecule has 0 saturated carbocycles. The lowest BCUT2D eigenvalue weighted by atomic mass is 10.2. The Kier molecular flexibility index (Phi) is 6.12. The molecule has 0 fully saturated rings. The second kappa shape index (κ2) is 8.91. The molecule has 0 atom stereocenters. The van der Waals surface area contributed by atoms with Crippen LogP contribution in [0.4, 0.5) is 10.1 Å². The molecule has 3 aromatic rings. The number of hydrogen-bond acceptors (Lipinski definition) is 3. The molecule has 0 aliphatic rings. The normalized spacial score (nSPS) is 11.1. The summed E-state index contributed by atoms with van der Waals surface area (Å²) in [6.45, 7) is 0.249. The second-order valence-corrected chi connectivity index (χ2v) is 6.02. The van der Waals surface area contributed by atoms with Crippen LogP contribution in [-0.2, 0) is 6.54 Å². The molecule has 0 saturated heterocycles. The first-order valence-corrected chi connectivity index (χ1v) is 8.52. The molecule has 1 amide bonds. The smallest absolute Gasteiger partial charge is 0.257 e. The maximum absolute atomic E-state index is 13.4. The summed E-state index contributed by atoms with van der Waals surface area (Å²) in [4.78, 5) is 21.0. The fourth-order valence-corrected chi connectivity index (χ4v) is 2.37. The highest BCUT2D eigenvalue weighted by Crippen LogP contribution is 2.11. The van der Waals surface area contributed by atoms with Crippen molar-refractivity contribution in [3.8, 4) is 0 Å². The van der Waals surface area contributed by atoms with Gasteiger partial charge in [0, 0.05) is 22.5 Å². The highest BCUT2D eigenvalue weighted by molar-refractivity contribution is 6.30. The van der Waals surface area contributed by atoms with E-state index in [1.807, 2.05) is 12.1 Å². The summed E-state index contributed by atoms with van der Waals surface area (Å²) in [6, 6.07) is 17.8. The predicted octanol–water partition coefficient (Wildman–Crippen LogP) is 4.27. The molecule has 1 heterocycles. The minimum Gasteiger partial charge on any atom is -0.326 e. The van der Waals surface area contributed by atoms with Crippen molar-refractivity contribution in [1.82, 2.24) is 10.3 Å². The average molecular weight is 383 g/mol. The van der Waals surface area contributed by atoms with Crippen molar-refractivity contribution in [2.45, 2.75) is 6.54 Å². The van der Waals surface area contributed by atoms with Crippen molar-refractivity contribution >= 4 is 29.2 Å². The van der Waals surface area contributed by atoms with E-state index in [-0.39, 0.29) is 18.4 Å². The quantitative estimate of drug-likeness (QED) is 0.523. The summed E-state index contributed by atoms with van der Waals surface area (Å²) in [5.74, 6) is -0.574. The number of hydrogen-bond donors (Lipinski definition) is 2. The van der Waals surface area contributed by atoms with E-state index in [9.17, 15) is 9.18 Å². The zero-order valence-electron chi connectivity index (χ0n) is 14.2. The Balaban J connectivity index is 1.79. The van der Waals surface area contributed by atoms with Gasteiger partial charge in [-0.05, 0) is 54.6 Å². The Hall–Kier alpha value is -3.25. The van der Waals surface area contributed by atoms with Crippen LogP contribution in [0, 0.1) is 5.82 Å². The highest BCUT2D eigenvalue weighted by atomic mass is 35.5. The second-order valence-electron chi connectivity index (χ2n) is 5.58. The van der Waals surface area contributed by atoms with Crippen LogP contribution in [0.5, 0.6) is 0 Å². The van der Waals surface area contributed by atoms with Gasteiger partial charge in [0.1, 0.15) is 5.82 Å². The first-order valence-electron chi connectivity index (χ1n) is 8.14. The molecular weight excluding hydrogens is 367 g/mol. The summed E-state index contributed by atoms with van der Waals surface area (Å²) < 4.78 is 13.4. The molecule has 2 N–H and O–H groups in total. The summed E-state index contributed by atoms with van der Waals surface area (Å²) in [5.41, 5.74) is 1.62. The maximum atomic E-state index is 13.4. The Morgan fingerprint density at radius 3 is 2.59 bits per heavy atom. The lowest BCUT2D eigenvalue weighted by Crippen LogP contribution is -2.36. The Morgan fingerprint density at radius 2 is 1.89 bits per heavy atom. The van der Waals surface area contributed by atoms with Crippen LogP contribution in [0.15, 0.2) is 77.9 Å². The molecule has 0 radical (unpaired) electrons. The molecule has 0 aliphatic carbocycles. The predicted molar refractivity (Wildman–Crippen MR) is 104 cm³/mol. The van der Waals surface area contributed by atoms with E-state index in [1.165, 1.54) is 12.1 Å². The van der Waals surface area contributed by atoms with Crippen LogP contribution < -0.4 is 10.6 Å². The van der Waals surface area contributed by atoms with E-state index in [4.69, 9.17) is 11.6 Å². The van der Waals surface area contributed by atoms with E-state index in [0.717, 1.165) is 5.69 Å². The van der Waals surface area contributed by atoms with Gasteiger partial charge in [-0.25, -0.2) is 9.38 Å². The molecule has 7 heteroatoms. The summed E-state index contributed by atoms with van der Waals surface area (Å²) in [7, 11) is 0. The molecule has 3 rings (SSSR count). The molecule has 27 heavy (non-hydrogen) atoms. The van der Waals surface area contributed by atoms with Gasteiger partial charge >= 0.3 is 0 Å². The van der Waals surface area contributed by atoms with E-state index in [1.54, 1.807) is 48.7 Å². The average Bonchev–Trinajstić information content (AvgIpc) is 2.67. The lowest BCUT2D eigenvalue weighted by molar-refractivity contribution is 0.0977. The number of nitrogens with one attached hydrogen (secondary N) is 2. The van der Waals surface area contributed by atoms with Gasteiger partial charge in [0.05, 0.1) is 12.2 Å². The number of pyridine rings is 1. The number of benzene rings is 2. The topological polar surface area (TPSA) is 66.4 Å². The van der Waals surface area contributed by atoms with Crippen LogP contribution in [0.2, 0.25) is 5.02 Å². The summed E-state index contributed by atoms with van der Waals surface area (Å²) in [5, 5.41) is 6.16. The maximum Gasteiger partial charge on any atom is 0.257 e. The third kappa shape index (κ3) is 5.62. The zero-order valence-corrected chi connectivity index (χ0v) is 14.9. The highest BCUT2D eigenvalue weighted by Gasteiger charge is 2.10. The molecule has 0 aliphatic heterocycles. The summed E-state index contributed by atoms with van der Waals surface area (Å²) in [6.07, 6.45) is 1.66. The van der Waals surface area contributed by atoms with Crippen LogP contribution in [0.25, 0.3) is 0 Å². The van der Waals surface area contributed by atoms with E-state index in [0.29, 0.717) is 16.3 Å². The number of carbonyl (C=O) groups is 1. The van der Waals surface area contributed by atoms with E-state index < -0.39 is 5.82 Å². The van der Waals surface area contributed by atoms with Crippen molar-refractivity contribution in [3.63, 3.8) is 0 Å². The number of carbonyl (C=O) groups excluding carboxylic acids is 1. The minimum atomic E-state index is -0.395. The zero-order chi connectivity index (χ0) is 19.1. The van der Waals surface area contributed by atoms with Crippen molar-refractivity contribution in [2.24, 2.45) is 4.99 Å². The monoisotopic (exact) mass is 382 g/mol.